The molecule has 0 saturated carbocycles. The van der Waals surface area contributed by atoms with Gasteiger partial charge in [0.15, 0.2) is 0 Å². The van der Waals surface area contributed by atoms with Gasteiger partial charge in [0.2, 0.25) is 0 Å². The van der Waals surface area contributed by atoms with Crippen LogP contribution in [0.25, 0.3) is 11.1 Å². The molecule has 2 N–H and O–H groups in total. The Morgan fingerprint density at radius 1 is 1.21 bits per heavy atom. The van der Waals surface area contributed by atoms with E-state index >= 15 is 0 Å². The largest absolute Gasteiger partial charge is 0.386 e. The maximum atomic E-state index is 14.1. The summed E-state index contributed by atoms with van der Waals surface area (Å²) in [4.78, 5) is 0. The quantitative estimate of drug-likeness (QED) is 0.665. The van der Waals surface area contributed by atoms with E-state index in [1.165, 1.54) is 6.07 Å². The zero-order valence-electron chi connectivity index (χ0n) is 10.5. The van der Waals surface area contributed by atoms with Crippen LogP contribution in [0.5, 0.6) is 0 Å². The summed E-state index contributed by atoms with van der Waals surface area (Å²) in [5.41, 5.74) is 7.81. The van der Waals surface area contributed by atoms with Gasteiger partial charge < -0.3 is 5.73 Å². The van der Waals surface area contributed by atoms with Gasteiger partial charge in [-0.05, 0) is 17.2 Å². The summed E-state index contributed by atoms with van der Waals surface area (Å²) in [7, 11) is 0. The molecule has 0 bridgehead atoms. The standard InChI is InChI=1S/C15H14ClFN2/c1-10(15(18)19-16)12-7-8-13(14(17)9-12)11-5-3-2-4-6-11/h2-10H,1H3,(H2,18,19). The van der Waals surface area contributed by atoms with Crippen LogP contribution in [-0.2, 0) is 0 Å². The fourth-order valence-corrected chi connectivity index (χ4v) is 2.04. The lowest BCUT2D eigenvalue weighted by atomic mass is 9.96. The maximum Gasteiger partial charge on any atom is 0.131 e. The highest BCUT2D eigenvalue weighted by Gasteiger charge is 2.13. The lowest BCUT2D eigenvalue weighted by Gasteiger charge is -2.12. The van der Waals surface area contributed by atoms with Crippen molar-refractivity contribution < 1.29 is 4.39 Å². The highest BCUT2D eigenvalue weighted by molar-refractivity contribution is 6.20. The van der Waals surface area contributed by atoms with Crippen molar-refractivity contribution in [3.8, 4) is 11.1 Å². The number of benzene rings is 2. The van der Waals surface area contributed by atoms with E-state index in [-0.39, 0.29) is 17.6 Å². The molecule has 0 aliphatic carbocycles. The van der Waals surface area contributed by atoms with E-state index in [1.807, 2.05) is 43.3 Å². The Labute approximate surface area is 116 Å². The predicted molar refractivity (Wildman–Crippen MR) is 77.7 cm³/mol. The van der Waals surface area contributed by atoms with Crippen molar-refractivity contribution in [1.82, 2.24) is 0 Å². The van der Waals surface area contributed by atoms with Crippen molar-refractivity contribution in [3.63, 3.8) is 0 Å². The molecule has 0 spiro atoms. The average molecular weight is 277 g/mol. The average Bonchev–Trinajstić information content (AvgIpc) is 2.46. The van der Waals surface area contributed by atoms with Crippen LogP contribution < -0.4 is 5.73 Å². The fraction of sp³-hybridized carbons (Fsp3) is 0.133. The number of amidine groups is 1. The molecular formula is C15H14ClFN2. The first-order valence-electron chi connectivity index (χ1n) is 5.92. The fourth-order valence-electron chi connectivity index (χ4n) is 1.90. The molecule has 2 aromatic carbocycles. The van der Waals surface area contributed by atoms with Crippen LogP contribution in [0, 0.1) is 5.82 Å². The van der Waals surface area contributed by atoms with Crippen LogP contribution in [0.2, 0.25) is 0 Å². The normalized spacial score (nSPS) is 13.3. The Morgan fingerprint density at radius 3 is 2.47 bits per heavy atom. The van der Waals surface area contributed by atoms with Crippen molar-refractivity contribution in [1.29, 1.82) is 0 Å². The Morgan fingerprint density at radius 2 is 1.89 bits per heavy atom. The summed E-state index contributed by atoms with van der Waals surface area (Å²) in [6, 6.07) is 14.5. The molecule has 2 nitrogen and oxygen atoms in total. The molecule has 0 heterocycles. The number of rotatable bonds is 3. The Balaban J connectivity index is 2.38. The van der Waals surface area contributed by atoms with Gasteiger partial charge in [-0.25, -0.2) is 4.39 Å². The zero-order valence-corrected chi connectivity index (χ0v) is 11.2. The van der Waals surface area contributed by atoms with Gasteiger partial charge in [-0.2, -0.15) is 4.51 Å². The second kappa shape index (κ2) is 5.85. The first kappa shape index (κ1) is 13.6. The summed E-state index contributed by atoms with van der Waals surface area (Å²) >= 11 is 5.33. The second-order valence-electron chi connectivity index (χ2n) is 4.34. The second-order valence-corrected chi connectivity index (χ2v) is 4.51. The van der Waals surface area contributed by atoms with E-state index in [0.29, 0.717) is 5.56 Å². The molecular weight excluding hydrogens is 263 g/mol. The van der Waals surface area contributed by atoms with E-state index in [1.54, 1.807) is 6.07 Å². The first-order chi connectivity index (χ1) is 9.13. The number of nitrogens with two attached hydrogens (primary N) is 1. The number of nitrogens with zero attached hydrogens (tertiary/aromatic N) is 1. The molecule has 0 aliphatic heterocycles. The number of halogens is 2. The van der Waals surface area contributed by atoms with E-state index in [4.69, 9.17) is 17.5 Å². The molecule has 2 rings (SSSR count). The van der Waals surface area contributed by atoms with Crippen molar-refractivity contribution in [3.05, 3.63) is 59.9 Å². The molecule has 0 fully saturated rings. The third kappa shape index (κ3) is 2.93. The number of hydrogen-bond acceptors (Lipinski definition) is 1. The summed E-state index contributed by atoms with van der Waals surface area (Å²) in [6.07, 6.45) is 0. The minimum atomic E-state index is -0.280. The molecule has 0 saturated heterocycles. The first-order valence-corrected chi connectivity index (χ1v) is 6.26. The SMILES string of the molecule is CC(C(N)=NCl)c1ccc(-c2ccccc2)c(F)c1. The molecule has 0 radical (unpaired) electrons. The van der Waals surface area contributed by atoms with E-state index in [0.717, 1.165) is 11.1 Å². The van der Waals surface area contributed by atoms with Gasteiger partial charge in [0.05, 0.1) is 0 Å². The van der Waals surface area contributed by atoms with Crippen molar-refractivity contribution in [2.75, 3.05) is 0 Å². The van der Waals surface area contributed by atoms with Crippen molar-refractivity contribution in [2.45, 2.75) is 12.8 Å². The van der Waals surface area contributed by atoms with Gasteiger partial charge >= 0.3 is 0 Å². The van der Waals surface area contributed by atoms with E-state index < -0.39 is 0 Å². The summed E-state index contributed by atoms with van der Waals surface area (Å²) in [6.45, 7) is 1.83. The number of hydrogen-bond donors (Lipinski definition) is 1. The maximum absolute atomic E-state index is 14.1. The third-order valence-electron chi connectivity index (χ3n) is 3.12. The lowest BCUT2D eigenvalue weighted by Crippen LogP contribution is -2.18. The Bertz CT molecular complexity index is 596. The van der Waals surface area contributed by atoms with Crippen molar-refractivity contribution in [2.24, 2.45) is 10.2 Å². The molecule has 1 unspecified atom stereocenters. The van der Waals surface area contributed by atoms with Crippen LogP contribution in [0.1, 0.15) is 18.4 Å². The lowest BCUT2D eigenvalue weighted by molar-refractivity contribution is 0.628. The highest BCUT2D eigenvalue weighted by atomic mass is 35.5. The third-order valence-corrected chi connectivity index (χ3v) is 3.31. The van der Waals surface area contributed by atoms with Gasteiger partial charge in [-0.1, -0.05) is 49.4 Å². The van der Waals surface area contributed by atoms with Gasteiger partial charge in [0, 0.05) is 23.3 Å². The Hall–Kier alpha value is -1.87. The van der Waals surface area contributed by atoms with Crippen LogP contribution in [0.15, 0.2) is 53.0 Å². The summed E-state index contributed by atoms with van der Waals surface area (Å²) in [5.74, 6) is -0.219. The predicted octanol–water partition coefficient (Wildman–Crippen LogP) is 4.11. The topological polar surface area (TPSA) is 38.4 Å². The zero-order chi connectivity index (χ0) is 13.8. The Kier molecular flexibility index (Phi) is 4.17. The minimum absolute atomic E-state index is 0.211. The highest BCUT2D eigenvalue weighted by Crippen LogP contribution is 2.26. The molecule has 2 aromatic rings. The van der Waals surface area contributed by atoms with Gasteiger partial charge in [-0.3, -0.25) is 0 Å². The van der Waals surface area contributed by atoms with Crippen LogP contribution >= 0.6 is 11.8 Å². The van der Waals surface area contributed by atoms with E-state index in [2.05, 4.69) is 4.51 Å². The summed E-state index contributed by atoms with van der Waals surface area (Å²) in [5, 5.41) is 0. The summed E-state index contributed by atoms with van der Waals surface area (Å²) < 4.78 is 17.6. The molecule has 1 atom stereocenters. The molecule has 0 aliphatic rings. The van der Waals surface area contributed by atoms with Crippen LogP contribution in [0.4, 0.5) is 4.39 Å². The monoisotopic (exact) mass is 276 g/mol. The van der Waals surface area contributed by atoms with Crippen LogP contribution in [-0.4, -0.2) is 5.84 Å². The molecule has 0 aromatic heterocycles. The molecule has 19 heavy (non-hydrogen) atoms. The molecule has 0 amide bonds. The van der Waals surface area contributed by atoms with Crippen LogP contribution in [0.3, 0.4) is 0 Å². The van der Waals surface area contributed by atoms with Gasteiger partial charge in [0.25, 0.3) is 0 Å². The molecule has 98 valence electrons. The minimum Gasteiger partial charge on any atom is -0.386 e. The van der Waals surface area contributed by atoms with E-state index in [9.17, 15) is 4.39 Å². The van der Waals surface area contributed by atoms with Crippen molar-refractivity contribution >= 4 is 17.6 Å². The van der Waals surface area contributed by atoms with Gasteiger partial charge in [-0.15, -0.1) is 0 Å². The molecule has 4 heteroatoms. The van der Waals surface area contributed by atoms with Gasteiger partial charge in [0.1, 0.15) is 11.7 Å². The smallest absolute Gasteiger partial charge is 0.131 e.